The number of amides is 1. The van der Waals surface area contributed by atoms with Crippen molar-refractivity contribution in [3.05, 3.63) is 57.8 Å². The summed E-state index contributed by atoms with van der Waals surface area (Å²) in [6.45, 7) is 3.40. The molecule has 1 heterocycles. The molecule has 3 nitrogen and oxygen atoms in total. The Morgan fingerprint density at radius 2 is 1.91 bits per heavy atom. The average Bonchev–Trinajstić information content (AvgIpc) is 2.87. The highest BCUT2D eigenvalue weighted by Crippen LogP contribution is 2.21. The summed E-state index contributed by atoms with van der Waals surface area (Å²) < 4.78 is 2.02. The van der Waals surface area contributed by atoms with Crippen LogP contribution in [0.5, 0.6) is 0 Å². The number of carbonyl (C=O) groups is 1. The zero-order valence-corrected chi connectivity index (χ0v) is 14.4. The summed E-state index contributed by atoms with van der Waals surface area (Å²) in [5.74, 6) is -0.0425. The smallest absolute Gasteiger partial charge is 0.254 e. The van der Waals surface area contributed by atoms with Crippen LogP contribution in [-0.2, 0) is 13.6 Å². The van der Waals surface area contributed by atoms with Crippen LogP contribution in [0.15, 0.2) is 36.5 Å². The maximum Gasteiger partial charge on any atom is 0.254 e. The number of aromatic nitrogens is 1. The van der Waals surface area contributed by atoms with E-state index >= 15 is 0 Å². The predicted molar refractivity (Wildman–Crippen MR) is 91.5 cm³/mol. The third-order valence-electron chi connectivity index (χ3n) is 3.58. The minimum atomic E-state index is -0.0425. The van der Waals surface area contributed by atoms with Gasteiger partial charge in [0.1, 0.15) is 0 Å². The van der Waals surface area contributed by atoms with E-state index in [1.807, 2.05) is 34.8 Å². The van der Waals surface area contributed by atoms with Gasteiger partial charge in [-0.15, -0.1) is 0 Å². The van der Waals surface area contributed by atoms with Crippen LogP contribution in [0, 0.1) is 0 Å². The molecule has 0 fully saturated rings. The first kappa shape index (κ1) is 16.9. The number of rotatable bonds is 6. The summed E-state index contributed by atoms with van der Waals surface area (Å²) >= 11 is 12.0. The van der Waals surface area contributed by atoms with Gasteiger partial charge in [-0.25, -0.2) is 0 Å². The van der Waals surface area contributed by atoms with Crippen molar-refractivity contribution in [2.24, 2.45) is 7.05 Å². The second-order valence-corrected chi connectivity index (χ2v) is 6.22. The largest absolute Gasteiger partial charge is 0.353 e. The first-order valence-corrected chi connectivity index (χ1v) is 8.12. The van der Waals surface area contributed by atoms with Crippen molar-refractivity contribution in [2.75, 3.05) is 6.54 Å². The maximum absolute atomic E-state index is 12.8. The summed E-state index contributed by atoms with van der Waals surface area (Å²) in [4.78, 5) is 14.6. The van der Waals surface area contributed by atoms with Gasteiger partial charge in [0.05, 0.1) is 6.54 Å². The number of nitrogens with zero attached hydrogens (tertiary/aromatic N) is 2. The summed E-state index contributed by atoms with van der Waals surface area (Å²) in [7, 11) is 1.98. The van der Waals surface area contributed by atoms with Crippen LogP contribution in [0.3, 0.4) is 0 Å². The second-order valence-electron chi connectivity index (χ2n) is 5.35. The van der Waals surface area contributed by atoms with E-state index in [1.165, 1.54) is 0 Å². The Morgan fingerprint density at radius 3 is 2.45 bits per heavy atom. The molecule has 5 heteroatoms. The molecule has 1 aromatic carbocycles. The van der Waals surface area contributed by atoms with Gasteiger partial charge < -0.3 is 9.47 Å². The minimum absolute atomic E-state index is 0.0425. The lowest BCUT2D eigenvalue weighted by atomic mass is 10.1. The number of aryl methyl sites for hydroxylation is 1. The SMILES string of the molecule is CCCCN(Cc1cccn1C)C(=O)c1cc(Cl)cc(Cl)c1. The normalized spacial score (nSPS) is 10.7. The molecule has 0 bridgehead atoms. The van der Waals surface area contributed by atoms with Crippen LogP contribution < -0.4 is 0 Å². The topological polar surface area (TPSA) is 25.2 Å². The molecule has 22 heavy (non-hydrogen) atoms. The lowest BCUT2D eigenvalue weighted by Gasteiger charge is -2.23. The van der Waals surface area contributed by atoms with E-state index in [2.05, 4.69) is 6.92 Å². The molecule has 2 rings (SSSR count). The second kappa shape index (κ2) is 7.70. The van der Waals surface area contributed by atoms with Crippen LogP contribution >= 0.6 is 23.2 Å². The van der Waals surface area contributed by atoms with Crippen LogP contribution in [0.2, 0.25) is 10.0 Å². The molecular weight excluding hydrogens is 319 g/mol. The van der Waals surface area contributed by atoms with Gasteiger partial charge in [-0.3, -0.25) is 4.79 Å². The molecule has 118 valence electrons. The molecule has 0 unspecified atom stereocenters. The Labute approximate surface area is 141 Å². The molecular formula is C17H20Cl2N2O. The van der Waals surface area contributed by atoms with Crippen molar-refractivity contribution in [1.82, 2.24) is 9.47 Å². The fourth-order valence-corrected chi connectivity index (χ4v) is 2.84. The molecule has 0 radical (unpaired) electrons. The third-order valence-corrected chi connectivity index (χ3v) is 4.02. The number of hydrogen-bond acceptors (Lipinski definition) is 1. The van der Waals surface area contributed by atoms with Gasteiger partial charge in [0.25, 0.3) is 5.91 Å². The quantitative estimate of drug-likeness (QED) is 0.744. The van der Waals surface area contributed by atoms with E-state index in [0.29, 0.717) is 28.7 Å². The van der Waals surface area contributed by atoms with E-state index in [4.69, 9.17) is 23.2 Å². The Kier molecular flexibility index (Phi) is 5.92. The number of halogens is 2. The summed E-state index contributed by atoms with van der Waals surface area (Å²) in [5, 5.41) is 0.954. The predicted octanol–water partition coefficient (Wildman–Crippen LogP) is 4.77. The molecule has 2 aromatic rings. The first-order chi connectivity index (χ1) is 10.5. The molecule has 0 aliphatic heterocycles. The zero-order chi connectivity index (χ0) is 16.1. The Balaban J connectivity index is 2.23. The minimum Gasteiger partial charge on any atom is -0.353 e. The van der Waals surface area contributed by atoms with Crippen molar-refractivity contribution in [1.29, 1.82) is 0 Å². The highest BCUT2D eigenvalue weighted by atomic mass is 35.5. The maximum atomic E-state index is 12.8. The van der Waals surface area contributed by atoms with Gasteiger partial charge in [0.15, 0.2) is 0 Å². The van der Waals surface area contributed by atoms with E-state index in [1.54, 1.807) is 18.2 Å². The van der Waals surface area contributed by atoms with Crippen molar-refractivity contribution < 1.29 is 4.79 Å². The highest BCUT2D eigenvalue weighted by molar-refractivity contribution is 6.35. The highest BCUT2D eigenvalue weighted by Gasteiger charge is 2.17. The molecule has 1 aromatic heterocycles. The van der Waals surface area contributed by atoms with E-state index < -0.39 is 0 Å². The lowest BCUT2D eigenvalue weighted by molar-refractivity contribution is 0.0737. The summed E-state index contributed by atoms with van der Waals surface area (Å²) in [5.41, 5.74) is 1.63. The van der Waals surface area contributed by atoms with Gasteiger partial charge in [0, 0.05) is 41.1 Å². The van der Waals surface area contributed by atoms with Gasteiger partial charge in [-0.1, -0.05) is 36.5 Å². The molecule has 1 amide bonds. The lowest BCUT2D eigenvalue weighted by Crippen LogP contribution is -2.32. The number of hydrogen-bond donors (Lipinski definition) is 0. The first-order valence-electron chi connectivity index (χ1n) is 7.37. The van der Waals surface area contributed by atoms with Crippen molar-refractivity contribution in [2.45, 2.75) is 26.3 Å². The number of benzene rings is 1. The summed E-state index contributed by atoms with van der Waals surface area (Å²) in [6, 6.07) is 8.97. The number of carbonyl (C=O) groups excluding carboxylic acids is 1. The van der Waals surface area contributed by atoms with Crippen LogP contribution in [-0.4, -0.2) is 21.9 Å². The number of unbranched alkanes of at least 4 members (excludes halogenated alkanes) is 1. The molecule has 0 atom stereocenters. The van der Waals surface area contributed by atoms with E-state index in [9.17, 15) is 4.79 Å². The molecule has 0 aliphatic carbocycles. The van der Waals surface area contributed by atoms with E-state index in [-0.39, 0.29) is 5.91 Å². The monoisotopic (exact) mass is 338 g/mol. The van der Waals surface area contributed by atoms with Gasteiger partial charge >= 0.3 is 0 Å². The molecule has 0 saturated carbocycles. The van der Waals surface area contributed by atoms with Gasteiger partial charge in [0.2, 0.25) is 0 Å². The van der Waals surface area contributed by atoms with Crippen molar-refractivity contribution in [3.63, 3.8) is 0 Å². The van der Waals surface area contributed by atoms with Crippen molar-refractivity contribution >= 4 is 29.1 Å². The van der Waals surface area contributed by atoms with Crippen LogP contribution in [0.4, 0.5) is 0 Å². The molecule has 0 spiro atoms. The molecule has 0 saturated heterocycles. The Bertz CT molecular complexity index is 632. The fourth-order valence-electron chi connectivity index (χ4n) is 2.32. The van der Waals surface area contributed by atoms with Crippen LogP contribution in [0.1, 0.15) is 35.8 Å². The fraction of sp³-hybridized carbons (Fsp3) is 0.353. The summed E-state index contributed by atoms with van der Waals surface area (Å²) in [6.07, 6.45) is 3.98. The third kappa shape index (κ3) is 4.28. The average molecular weight is 339 g/mol. The van der Waals surface area contributed by atoms with E-state index in [0.717, 1.165) is 18.5 Å². The van der Waals surface area contributed by atoms with Gasteiger partial charge in [-0.05, 0) is 36.8 Å². The van der Waals surface area contributed by atoms with Crippen molar-refractivity contribution in [3.8, 4) is 0 Å². The Hall–Kier alpha value is -1.45. The zero-order valence-electron chi connectivity index (χ0n) is 12.9. The Morgan fingerprint density at radius 1 is 1.23 bits per heavy atom. The standard InChI is InChI=1S/C17H20Cl2N2O/c1-3-4-8-21(12-16-6-5-7-20(16)2)17(22)13-9-14(18)11-15(19)10-13/h5-7,9-11H,3-4,8,12H2,1-2H3. The molecule has 0 N–H and O–H groups in total. The van der Waals surface area contributed by atoms with Gasteiger partial charge in [-0.2, -0.15) is 0 Å². The molecule has 0 aliphatic rings. The van der Waals surface area contributed by atoms with Crippen LogP contribution in [0.25, 0.3) is 0 Å².